The van der Waals surface area contributed by atoms with Crippen LogP contribution in [0.3, 0.4) is 0 Å². The minimum Gasteiger partial charge on any atom is -0.380 e. The highest BCUT2D eigenvalue weighted by Gasteiger charge is 2.03. The summed E-state index contributed by atoms with van der Waals surface area (Å²) < 4.78 is 5.14. The minimum atomic E-state index is 0.361. The van der Waals surface area contributed by atoms with E-state index in [4.69, 9.17) is 4.74 Å². The summed E-state index contributed by atoms with van der Waals surface area (Å²) in [6, 6.07) is 0. The Morgan fingerprint density at radius 1 is 1.30 bits per heavy atom. The van der Waals surface area contributed by atoms with Gasteiger partial charge in [-0.25, -0.2) is 0 Å². The Morgan fingerprint density at radius 3 is 2.10 bits per heavy atom. The Balaban J connectivity index is 3.41. The number of ether oxygens (including phenoxy) is 1. The summed E-state index contributed by atoms with van der Waals surface area (Å²) in [7, 11) is 1.76. The number of hydrogen-bond acceptors (Lipinski definition) is 2. The fraction of sp³-hybridized carbons (Fsp3) is 1.00. The lowest BCUT2D eigenvalue weighted by molar-refractivity contribution is 0.0807. The van der Waals surface area contributed by atoms with Crippen molar-refractivity contribution in [2.24, 2.45) is 0 Å². The van der Waals surface area contributed by atoms with E-state index in [0.717, 1.165) is 19.6 Å². The van der Waals surface area contributed by atoms with Crippen molar-refractivity contribution in [3.05, 3.63) is 0 Å². The molecule has 0 aromatic rings. The van der Waals surface area contributed by atoms with Crippen LogP contribution in [0.5, 0.6) is 0 Å². The second kappa shape index (κ2) is 5.69. The molecule has 10 heavy (non-hydrogen) atoms. The highest BCUT2D eigenvalue weighted by Crippen LogP contribution is 1.93. The molecule has 0 aliphatic carbocycles. The molecule has 0 bridgehead atoms. The van der Waals surface area contributed by atoms with Gasteiger partial charge >= 0.3 is 0 Å². The summed E-state index contributed by atoms with van der Waals surface area (Å²) in [5, 5.41) is 0. The Morgan fingerprint density at radius 2 is 1.80 bits per heavy atom. The Hall–Kier alpha value is -0.0800. The van der Waals surface area contributed by atoms with E-state index in [1.807, 2.05) is 0 Å². The third kappa shape index (κ3) is 3.85. The number of hydrogen-bond donors (Lipinski definition) is 0. The molecular formula is C8H19NO. The van der Waals surface area contributed by atoms with Crippen molar-refractivity contribution in [1.29, 1.82) is 0 Å². The molecular weight excluding hydrogens is 126 g/mol. The van der Waals surface area contributed by atoms with Gasteiger partial charge in [-0.1, -0.05) is 13.8 Å². The van der Waals surface area contributed by atoms with Crippen LogP contribution >= 0.6 is 0 Å². The van der Waals surface area contributed by atoms with Crippen LogP contribution in [0.25, 0.3) is 0 Å². The van der Waals surface area contributed by atoms with Gasteiger partial charge in [-0.3, -0.25) is 0 Å². The molecule has 0 N–H and O–H groups in total. The maximum absolute atomic E-state index is 5.14. The van der Waals surface area contributed by atoms with Gasteiger partial charge in [-0.05, 0) is 20.0 Å². The van der Waals surface area contributed by atoms with Crippen molar-refractivity contribution in [2.75, 3.05) is 26.7 Å². The zero-order valence-electron chi connectivity index (χ0n) is 7.55. The molecule has 0 aromatic heterocycles. The quantitative estimate of drug-likeness (QED) is 0.579. The summed E-state index contributed by atoms with van der Waals surface area (Å²) >= 11 is 0. The fourth-order valence-electron chi connectivity index (χ4n) is 0.920. The molecule has 0 aliphatic heterocycles. The van der Waals surface area contributed by atoms with Crippen LogP contribution in [0.2, 0.25) is 0 Å². The standard InChI is InChI=1S/C8H19NO/c1-5-9(6-2)7-8(3)10-4/h8H,5-7H2,1-4H3. The molecule has 2 heteroatoms. The van der Waals surface area contributed by atoms with Gasteiger partial charge in [0.2, 0.25) is 0 Å². The van der Waals surface area contributed by atoms with E-state index in [9.17, 15) is 0 Å². The van der Waals surface area contributed by atoms with Gasteiger partial charge in [0.15, 0.2) is 0 Å². The first-order valence-corrected chi connectivity index (χ1v) is 3.99. The Kier molecular flexibility index (Phi) is 5.64. The molecule has 0 aromatic carbocycles. The molecule has 0 saturated carbocycles. The van der Waals surface area contributed by atoms with Crippen LogP contribution in [-0.2, 0) is 4.74 Å². The smallest absolute Gasteiger partial charge is 0.0670 e. The molecule has 2 nitrogen and oxygen atoms in total. The number of likely N-dealkylation sites (N-methyl/N-ethyl adjacent to an activating group) is 1. The van der Waals surface area contributed by atoms with Crippen molar-refractivity contribution in [1.82, 2.24) is 4.90 Å². The molecule has 0 radical (unpaired) electrons. The van der Waals surface area contributed by atoms with Gasteiger partial charge in [0, 0.05) is 13.7 Å². The summed E-state index contributed by atoms with van der Waals surface area (Å²) in [5.41, 5.74) is 0. The van der Waals surface area contributed by atoms with Crippen LogP contribution in [0.4, 0.5) is 0 Å². The van der Waals surface area contributed by atoms with Crippen molar-refractivity contribution in [2.45, 2.75) is 26.9 Å². The first-order valence-electron chi connectivity index (χ1n) is 3.99. The first kappa shape index (κ1) is 9.92. The lowest BCUT2D eigenvalue weighted by atomic mass is 10.3. The highest BCUT2D eigenvalue weighted by molar-refractivity contribution is 4.57. The zero-order valence-corrected chi connectivity index (χ0v) is 7.55. The fourth-order valence-corrected chi connectivity index (χ4v) is 0.920. The van der Waals surface area contributed by atoms with Crippen molar-refractivity contribution < 1.29 is 4.74 Å². The maximum Gasteiger partial charge on any atom is 0.0670 e. The summed E-state index contributed by atoms with van der Waals surface area (Å²) in [6.07, 6.45) is 0.361. The topological polar surface area (TPSA) is 12.5 Å². The van der Waals surface area contributed by atoms with E-state index in [0.29, 0.717) is 6.10 Å². The molecule has 0 heterocycles. The molecule has 0 aliphatic rings. The van der Waals surface area contributed by atoms with Crippen LogP contribution < -0.4 is 0 Å². The molecule has 0 amide bonds. The van der Waals surface area contributed by atoms with Crippen LogP contribution in [0.1, 0.15) is 20.8 Å². The lowest BCUT2D eigenvalue weighted by Gasteiger charge is -2.21. The van der Waals surface area contributed by atoms with Gasteiger partial charge in [0.25, 0.3) is 0 Å². The van der Waals surface area contributed by atoms with Gasteiger partial charge in [0.1, 0.15) is 0 Å². The second-order valence-corrected chi connectivity index (χ2v) is 2.53. The maximum atomic E-state index is 5.14. The van der Waals surface area contributed by atoms with Crippen molar-refractivity contribution in [3.63, 3.8) is 0 Å². The first-order chi connectivity index (χ1) is 4.74. The second-order valence-electron chi connectivity index (χ2n) is 2.53. The summed E-state index contributed by atoms with van der Waals surface area (Å²) in [4.78, 5) is 2.36. The Bertz CT molecular complexity index is 71.7. The lowest BCUT2D eigenvalue weighted by Crippen LogP contribution is -2.31. The number of methoxy groups -OCH3 is 1. The molecule has 0 rings (SSSR count). The summed E-state index contributed by atoms with van der Waals surface area (Å²) in [5.74, 6) is 0. The molecule has 0 fully saturated rings. The molecule has 0 spiro atoms. The third-order valence-electron chi connectivity index (χ3n) is 1.81. The monoisotopic (exact) mass is 145 g/mol. The predicted molar refractivity (Wildman–Crippen MR) is 44.3 cm³/mol. The van der Waals surface area contributed by atoms with Crippen LogP contribution in [0, 0.1) is 0 Å². The van der Waals surface area contributed by atoms with Gasteiger partial charge in [0.05, 0.1) is 6.10 Å². The predicted octanol–water partition coefficient (Wildman–Crippen LogP) is 1.36. The molecule has 1 unspecified atom stereocenters. The normalized spacial score (nSPS) is 14.1. The highest BCUT2D eigenvalue weighted by atomic mass is 16.5. The van der Waals surface area contributed by atoms with E-state index in [1.54, 1.807) is 7.11 Å². The SMILES string of the molecule is CCN(CC)CC(C)OC. The Labute approximate surface area is 64.2 Å². The molecule has 0 saturated heterocycles. The third-order valence-corrected chi connectivity index (χ3v) is 1.81. The van der Waals surface area contributed by atoms with E-state index < -0.39 is 0 Å². The average molecular weight is 145 g/mol. The summed E-state index contributed by atoms with van der Waals surface area (Å²) in [6.45, 7) is 9.72. The van der Waals surface area contributed by atoms with Crippen molar-refractivity contribution >= 4 is 0 Å². The number of rotatable bonds is 5. The van der Waals surface area contributed by atoms with Gasteiger partial charge < -0.3 is 9.64 Å². The van der Waals surface area contributed by atoms with E-state index >= 15 is 0 Å². The van der Waals surface area contributed by atoms with Crippen LogP contribution in [0.15, 0.2) is 0 Å². The zero-order chi connectivity index (χ0) is 7.98. The van der Waals surface area contributed by atoms with Crippen molar-refractivity contribution in [3.8, 4) is 0 Å². The largest absolute Gasteiger partial charge is 0.380 e. The molecule has 62 valence electrons. The van der Waals surface area contributed by atoms with E-state index in [-0.39, 0.29) is 0 Å². The number of nitrogens with zero attached hydrogens (tertiary/aromatic N) is 1. The van der Waals surface area contributed by atoms with Gasteiger partial charge in [-0.15, -0.1) is 0 Å². The molecule has 1 atom stereocenters. The van der Waals surface area contributed by atoms with Gasteiger partial charge in [-0.2, -0.15) is 0 Å². The minimum absolute atomic E-state index is 0.361. The average Bonchev–Trinajstić information content (AvgIpc) is 1.99. The van der Waals surface area contributed by atoms with Crippen LogP contribution in [-0.4, -0.2) is 37.7 Å². The van der Waals surface area contributed by atoms with E-state index in [2.05, 4.69) is 25.7 Å². The van der Waals surface area contributed by atoms with E-state index in [1.165, 1.54) is 0 Å².